The fourth-order valence-corrected chi connectivity index (χ4v) is 2.48. The van der Waals surface area contributed by atoms with Gasteiger partial charge >= 0.3 is 0 Å². The zero-order chi connectivity index (χ0) is 15.4. The van der Waals surface area contributed by atoms with Crippen LogP contribution < -0.4 is 10.6 Å². The lowest BCUT2D eigenvalue weighted by atomic mass is 10.2. The maximum Gasteiger partial charge on any atom is 0.145 e. The maximum absolute atomic E-state index is 5.99. The van der Waals surface area contributed by atoms with Crippen LogP contribution in [0.1, 0.15) is 5.56 Å². The molecule has 4 nitrogen and oxygen atoms in total. The monoisotopic (exact) mass is 332 g/mol. The fourth-order valence-electron chi connectivity index (χ4n) is 2.07. The molecule has 0 aliphatic rings. The van der Waals surface area contributed by atoms with E-state index in [-0.39, 0.29) is 0 Å². The summed E-state index contributed by atoms with van der Waals surface area (Å²) in [6.45, 7) is 0.646. The van der Waals surface area contributed by atoms with Gasteiger partial charge in [0.15, 0.2) is 0 Å². The van der Waals surface area contributed by atoms with Gasteiger partial charge in [0, 0.05) is 22.3 Å². The molecular formula is C16H14Cl2N4. The molecule has 3 rings (SSSR count). The van der Waals surface area contributed by atoms with E-state index in [4.69, 9.17) is 23.2 Å². The Labute approximate surface area is 138 Å². The molecule has 3 aromatic rings. The minimum absolute atomic E-state index is 0.646. The molecule has 6 heteroatoms. The summed E-state index contributed by atoms with van der Waals surface area (Å²) in [4.78, 5) is 0. The topological polar surface area (TPSA) is 52.7 Å². The molecule has 2 aromatic carbocycles. The molecule has 0 aliphatic carbocycles. The number of anilines is 3. The van der Waals surface area contributed by atoms with E-state index in [9.17, 15) is 0 Å². The molecule has 0 fully saturated rings. The van der Waals surface area contributed by atoms with Crippen molar-refractivity contribution in [3.63, 3.8) is 0 Å². The highest BCUT2D eigenvalue weighted by Crippen LogP contribution is 2.25. The molecule has 0 atom stereocenters. The van der Waals surface area contributed by atoms with E-state index in [1.165, 1.54) is 0 Å². The average molecular weight is 333 g/mol. The molecule has 3 N–H and O–H groups in total. The smallest absolute Gasteiger partial charge is 0.145 e. The Bertz CT molecular complexity index is 770. The van der Waals surface area contributed by atoms with Crippen LogP contribution in [0.5, 0.6) is 0 Å². The molecule has 22 heavy (non-hydrogen) atoms. The summed E-state index contributed by atoms with van der Waals surface area (Å²) in [7, 11) is 0. The van der Waals surface area contributed by atoms with Crippen LogP contribution in [0.3, 0.4) is 0 Å². The van der Waals surface area contributed by atoms with E-state index in [1.54, 1.807) is 6.20 Å². The van der Waals surface area contributed by atoms with E-state index in [0.717, 1.165) is 27.8 Å². The van der Waals surface area contributed by atoms with Gasteiger partial charge < -0.3 is 10.6 Å². The summed E-state index contributed by atoms with van der Waals surface area (Å²) in [5.74, 6) is 0.806. The third-order valence-electron chi connectivity index (χ3n) is 3.10. The number of nitrogens with one attached hydrogen (secondary N) is 3. The van der Waals surface area contributed by atoms with Crippen LogP contribution in [0.2, 0.25) is 10.0 Å². The summed E-state index contributed by atoms with van der Waals surface area (Å²) in [5.41, 5.74) is 2.85. The average Bonchev–Trinajstić information content (AvgIpc) is 2.92. The van der Waals surface area contributed by atoms with Crippen molar-refractivity contribution in [1.82, 2.24) is 10.2 Å². The maximum atomic E-state index is 5.99. The van der Waals surface area contributed by atoms with E-state index in [1.807, 2.05) is 48.5 Å². The van der Waals surface area contributed by atoms with E-state index >= 15 is 0 Å². The van der Waals surface area contributed by atoms with Crippen LogP contribution in [0, 0.1) is 0 Å². The van der Waals surface area contributed by atoms with Gasteiger partial charge in [0.05, 0.1) is 6.20 Å². The van der Waals surface area contributed by atoms with Gasteiger partial charge in [0.25, 0.3) is 0 Å². The first-order valence-electron chi connectivity index (χ1n) is 6.75. The fraction of sp³-hybridized carbons (Fsp3) is 0.0625. The summed E-state index contributed by atoms with van der Waals surface area (Å²) in [5, 5.41) is 15.0. The Kier molecular flexibility index (Phi) is 4.51. The Hall–Kier alpha value is -2.17. The van der Waals surface area contributed by atoms with Gasteiger partial charge in [-0.05, 0) is 35.9 Å². The van der Waals surface area contributed by atoms with Crippen molar-refractivity contribution >= 4 is 40.4 Å². The molecule has 0 spiro atoms. The first-order valence-corrected chi connectivity index (χ1v) is 7.50. The molecule has 0 radical (unpaired) electrons. The van der Waals surface area contributed by atoms with Gasteiger partial charge in [-0.25, -0.2) is 0 Å². The first-order chi connectivity index (χ1) is 10.7. The highest BCUT2D eigenvalue weighted by Gasteiger charge is 2.05. The summed E-state index contributed by atoms with van der Waals surface area (Å²) in [6, 6.07) is 15.2. The highest BCUT2D eigenvalue weighted by atomic mass is 35.5. The third kappa shape index (κ3) is 3.72. The number of rotatable bonds is 5. The predicted octanol–water partition coefficient (Wildman–Crippen LogP) is 5.07. The SMILES string of the molecule is Clc1cccc(CNc2[nH]ncc2Nc2cccc(Cl)c2)c1. The molecule has 0 saturated heterocycles. The minimum Gasteiger partial charge on any atom is -0.365 e. The van der Waals surface area contributed by atoms with Crippen molar-refractivity contribution in [1.29, 1.82) is 0 Å². The molecule has 0 amide bonds. The second-order valence-corrected chi connectivity index (χ2v) is 5.65. The first kappa shape index (κ1) is 14.8. The van der Waals surface area contributed by atoms with E-state index in [2.05, 4.69) is 20.8 Å². The number of hydrogen-bond donors (Lipinski definition) is 3. The van der Waals surface area contributed by atoms with Gasteiger partial charge in [-0.3, -0.25) is 5.10 Å². The molecular weight excluding hydrogens is 319 g/mol. The molecule has 0 saturated carbocycles. The Morgan fingerprint density at radius 1 is 1.00 bits per heavy atom. The minimum atomic E-state index is 0.646. The number of benzene rings is 2. The standard InChI is InChI=1S/C16H14Cl2N4/c17-12-4-1-3-11(7-12)9-19-16-15(10-20-22-16)21-14-6-2-5-13(18)8-14/h1-8,10,21H,9H2,(H2,19,20,22). The van der Waals surface area contributed by atoms with E-state index < -0.39 is 0 Å². The zero-order valence-corrected chi connectivity index (χ0v) is 13.1. The van der Waals surface area contributed by atoms with Crippen molar-refractivity contribution in [3.8, 4) is 0 Å². The van der Waals surface area contributed by atoms with Crippen molar-refractivity contribution < 1.29 is 0 Å². The lowest BCUT2D eigenvalue weighted by Crippen LogP contribution is -2.02. The van der Waals surface area contributed by atoms with Gasteiger partial charge in [-0.15, -0.1) is 0 Å². The van der Waals surface area contributed by atoms with Crippen LogP contribution in [0.4, 0.5) is 17.2 Å². The number of hydrogen-bond acceptors (Lipinski definition) is 3. The van der Waals surface area contributed by atoms with Crippen LogP contribution >= 0.6 is 23.2 Å². The van der Waals surface area contributed by atoms with Gasteiger partial charge in [-0.2, -0.15) is 5.10 Å². The van der Waals surface area contributed by atoms with Crippen molar-refractivity contribution in [2.75, 3.05) is 10.6 Å². The van der Waals surface area contributed by atoms with E-state index in [0.29, 0.717) is 11.6 Å². The van der Waals surface area contributed by atoms with Crippen molar-refractivity contribution in [3.05, 3.63) is 70.3 Å². The number of nitrogens with zero attached hydrogens (tertiary/aromatic N) is 1. The van der Waals surface area contributed by atoms with Crippen LogP contribution in [0.15, 0.2) is 54.7 Å². The normalized spacial score (nSPS) is 10.5. The predicted molar refractivity (Wildman–Crippen MR) is 92.1 cm³/mol. The lowest BCUT2D eigenvalue weighted by Gasteiger charge is -2.09. The third-order valence-corrected chi connectivity index (χ3v) is 3.57. The number of aromatic nitrogens is 2. The van der Waals surface area contributed by atoms with Crippen molar-refractivity contribution in [2.24, 2.45) is 0 Å². The Morgan fingerprint density at radius 2 is 1.77 bits per heavy atom. The van der Waals surface area contributed by atoms with Crippen LogP contribution in [0.25, 0.3) is 0 Å². The Morgan fingerprint density at radius 3 is 2.55 bits per heavy atom. The van der Waals surface area contributed by atoms with Gasteiger partial charge in [0.2, 0.25) is 0 Å². The second kappa shape index (κ2) is 6.73. The van der Waals surface area contributed by atoms with Gasteiger partial charge in [0.1, 0.15) is 11.5 Å². The molecule has 1 aromatic heterocycles. The molecule has 0 unspecified atom stereocenters. The number of H-pyrrole nitrogens is 1. The van der Waals surface area contributed by atoms with Crippen LogP contribution in [-0.2, 0) is 6.54 Å². The highest BCUT2D eigenvalue weighted by molar-refractivity contribution is 6.31. The number of aromatic amines is 1. The Balaban J connectivity index is 1.69. The molecule has 112 valence electrons. The quantitative estimate of drug-likeness (QED) is 0.611. The van der Waals surface area contributed by atoms with Gasteiger partial charge in [-0.1, -0.05) is 41.4 Å². The second-order valence-electron chi connectivity index (χ2n) is 4.78. The lowest BCUT2D eigenvalue weighted by molar-refractivity contribution is 1.05. The zero-order valence-electron chi connectivity index (χ0n) is 11.6. The molecule has 0 aliphatic heterocycles. The summed E-state index contributed by atoms with van der Waals surface area (Å²) < 4.78 is 0. The molecule has 1 heterocycles. The largest absolute Gasteiger partial charge is 0.365 e. The molecule has 0 bridgehead atoms. The van der Waals surface area contributed by atoms with Crippen molar-refractivity contribution in [2.45, 2.75) is 6.54 Å². The number of halogens is 2. The summed E-state index contributed by atoms with van der Waals surface area (Å²) in [6.07, 6.45) is 1.72. The summed E-state index contributed by atoms with van der Waals surface area (Å²) >= 11 is 12.0. The van der Waals surface area contributed by atoms with Crippen LogP contribution in [-0.4, -0.2) is 10.2 Å².